The molecule has 0 aliphatic carbocycles. The normalized spacial score (nSPS) is 18.6. The fraction of sp³-hybridized carbons (Fsp3) is 1.00. The number of phosphoric acid groups is 1. The fourth-order valence-corrected chi connectivity index (χ4v) is 0.540. The number of hydrogen-bond donors (Lipinski definition) is 1. The second-order valence-corrected chi connectivity index (χ2v) is 3.28. The first-order valence-corrected chi connectivity index (χ1v) is 3.64. The molecule has 0 aromatic carbocycles. The summed E-state index contributed by atoms with van der Waals surface area (Å²) in [7, 11) is -2.55. The molecule has 0 aliphatic rings. The van der Waals surface area contributed by atoms with Crippen molar-refractivity contribution in [3.8, 4) is 0 Å². The molecule has 6 heteroatoms. The van der Waals surface area contributed by atoms with Crippen LogP contribution in [0.25, 0.3) is 0 Å². The van der Waals surface area contributed by atoms with E-state index in [-0.39, 0.29) is 0 Å². The molecule has 0 bridgehead atoms. The van der Waals surface area contributed by atoms with Crippen LogP contribution >= 0.6 is 7.82 Å². The molecule has 0 amide bonds. The summed E-state index contributed by atoms with van der Waals surface area (Å²) in [5.41, 5.74) is 0. The first kappa shape index (κ1) is 7.80. The van der Waals surface area contributed by atoms with Crippen LogP contribution in [0.4, 0.5) is 0 Å². The van der Waals surface area contributed by atoms with Crippen LogP contribution in [0.2, 0.25) is 0 Å². The van der Waals surface area contributed by atoms with E-state index in [1.54, 1.807) is 0 Å². The van der Waals surface area contributed by atoms with Crippen molar-refractivity contribution < 1.29 is 37.4 Å². The fourth-order valence-electron chi connectivity index (χ4n) is 0.0304. The summed E-state index contributed by atoms with van der Waals surface area (Å²) < 4.78 is 18.0. The molecule has 0 aliphatic heterocycles. The van der Waals surface area contributed by atoms with Gasteiger partial charge >= 0.3 is 52.3 Å². The summed E-state index contributed by atoms with van der Waals surface area (Å²) in [6.07, 6.45) is 0. The van der Waals surface area contributed by atoms with Crippen molar-refractivity contribution >= 4 is 7.82 Å². The summed E-state index contributed by atoms with van der Waals surface area (Å²) >= 11 is 1.04. The Bertz CT molecular complexity index is 83.7. The molecule has 1 N–H and O–H groups in total. The van der Waals surface area contributed by atoms with Crippen molar-refractivity contribution in [1.82, 2.24) is 0 Å². The van der Waals surface area contributed by atoms with E-state index in [0.29, 0.717) is 0 Å². The Hall–Kier alpha value is 0.798. The third kappa shape index (κ3) is 3.39. The zero-order chi connectivity index (χ0) is 5.91. The molecule has 7 heavy (non-hydrogen) atoms. The van der Waals surface area contributed by atoms with Crippen LogP contribution in [-0.4, -0.2) is 12.0 Å². The summed E-state index contributed by atoms with van der Waals surface area (Å²) in [6, 6.07) is 0. The van der Waals surface area contributed by atoms with Gasteiger partial charge in [-0.05, 0) is 0 Å². The summed E-state index contributed by atoms with van der Waals surface area (Å²) in [5, 5.41) is 0. The van der Waals surface area contributed by atoms with Gasteiger partial charge in [-0.3, -0.25) is 0 Å². The third-order valence-corrected chi connectivity index (χ3v) is 2.36. The van der Waals surface area contributed by atoms with Crippen LogP contribution in [0.15, 0.2) is 0 Å². The Labute approximate surface area is 52.8 Å². The van der Waals surface area contributed by atoms with Crippen molar-refractivity contribution in [1.29, 1.82) is 0 Å². The quantitative estimate of drug-likeness (QED) is 0.519. The second kappa shape index (κ2) is 2.95. The van der Waals surface area contributed by atoms with Crippen molar-refractivity contribution in [2.45, 2.75) is 0 Å². The van der Waals surface area contributed by atoms with E-state index in [0.717, 1.165) is 27.3 Å². The third-order valence-electron chi connectivity index (χ3n) is 0.325. The second-order valence-electron chi connectivity index (χ2n) is 0.726. The summed E-state index contributed by atoms with van der Waals surface area (Å²) in [4.78, 5) is 8.25. The number of hydrogen-bond acceptors (Lipinski definition) is 3. The molecule has 0 aromatic heterocycles. The van der Waals surface area contributed by atoms with Crippen LogP contribution in [0.1, 0.15) is 0 Å². The predicted octanol–water partition coefficient (Wildman–Crippen LogP) is 0.212. The molecule has 0 saturated heterocycles. The molecule has 0 spiro atoms. The van der Waals surface area contributed by atoms with Gasteiger partial charge in [-0.25, -0.2) is 0 Å². The average Bonchev–Trinajstić information content (AvgIpc) is 1.68. The Morgan fingerprint density at radius 3 is 2.29 bits per heavy atom. The Kier molecular flexibility index (Phi) is 3.29. The van der Waals surface area contributed by atoms with E-state index in [9.17, 15) is 4.57 Å². The van der Waals surface area contributed by atoms with Crippen LogP contribution in [-0.2, 0) is 32.5 Å². The van der Waals surface area contributed by atoms with Gasteiger partial charge in [0.05, 0.1) is 0 Å². The Balaban J connectivity index is 3.61. The van der Waals surface area contributed by atoms with E-state index in [2.05, 4.69) is 7.70 Å². The average molecular weight is 207 g/mol. The van der Waals surface area contributed by atoms with E-state index < -0.39 is 7.82 Å². The van der Waals surface area contributed by atoms with Crippen molar-refractivity contribution in [2.75, 3.05) is 7.11 Å². The van der Waals surface area contributed by atoms with Gasteiger partial charge in [0.1, 0.15) is 0 Å². The van der Waals surface area contributed by atoms with Gasteiger partial charge in [0.15, 0.2) is 0 Å². The SMILES string of the molecule is COP(=O)(O)[O][Mo]. The summed E-state index contributed by atoms with van der Waals surface area (Å²) in [6.45, 7) is 0. The van der Waals surface area contributed by atoms with Crippen LogP contribution < -0.4 is 0 Å². The maximum atomic E-state index is 10.1. The Morgan fingerprint density at radius 1 is 1.86 bits per heavy atom. The minimum absolute atomic E-state index is 1.04. The molecule has 1 atom stereocenters. The van der Waals surface area contributed by atoms with Crippen LogP contribution in [0.3, 0.4) is 0 Å². The number of rotatable bonds is 2. The molecule has 43 valence electrons. The number of phosphoric ester groups is 1. The van der Waals surface area contributed by atoms with Gasteiger partial charge < -0.3 is 0 Å². The van der Waals surface area contributed by atoms with Gasteiger partial charge in [0.25, 0.3) is 0 Å². The van der Waals surface area contributed by atoms with Crippen LogP contribution in [0.5, 0.6) is 0 Å². The molecule has 0 radical (unpaired) electrons. The standard InChI is InChI=1S/CH5O4P.Mo/c1-5-6(2,3)4;/h1H3,(H2,2,3,4);/q;+1/p-1. The van der Waals surface area contributed by atoms with Crippen molar-refractivity contribution in [2.24, 2.45) is 0 Å². The zero-order valence-corrected chi connectivity index (χ0v) is 6.43. The van der Waals surface area contributed by atoms with Gasteiger partial charge in [-0.15, -0.1) is 0 Å². The molecule has 0 heterocycles. The van der Waals surface area contributed by atoms with Crippen molar-refractivity contribution in [3.63, 3.8) is 0 Å². The molecule has 0 rings (SSSR count). The van der Waals surface area contributed by atoms with Gasteiger partial charge in [0, 0.05) is 0 Å². The van der Waals surface area contributed by atoms with E-state index in [4.69, 9.17) is 4.89 Å². The first-order valence-electron chi connectivity index (χ1n) is 1.32. The van der Waals surface area contributed by atoms with Gasteiger partial charge in [0.2, 0.25) is 0 Å². The van der Waals surface area contributed by atoms with Crippen molar-refractivity contribution in [3.05, 3.63) is 0 Å². The molecule has 0 aromatic rings. The first-order chi connectivity index (χ1) is 3.12. The predicted molar refractivity (Wildman–Crippen MR) is 17.9 cm³/mol. The van der Waals surface area contributed by atoms with Crippen LogP contribution in [0, 0.1) is 0 Å². The van der Waals surface area contributed by atoms with E-state index >= 15 is 0 Å². The zero-order valence-electron chi connectivity index (χ0n) is 3.53. The molecular weight excluding hydrogens is 203 g/mol. The van der Waals surface area contributed by atoms with Gasteiger partial charge in [-0.2, -0.15) is 0 Å². The topological polar surface area (TPSA) is 55.8 Å². The van der Waals surface area contributed by atoms with E-state index in [1.807, 2.05) is 0 Å². The minimum atomic E-state index is -3.65. The monoisotopic (exact) mass is 209 g/mol. The molecular formula is CH4MoO4P. The Morgan fingerprint density at radius 2 is 2.29 bits per heavy atom. The summed E-state index contributed by atoms with van der Waals surface area (Å²) in [5.74, 6) is 0. The maximum absolute atomic E-state index is 10.1. The molecule has 0 fully saturated rings. The molecule has 4 nitrogen and oxygen atoms in total. The van der Waals surface area contributed by atoms with Gasteiger partial charge in [-0.1, -0.05) is 0 Å². The molecule has 1 unspecified atom stereocenters. The van der Waals surface area contributed by atoms with E-state index in [1.165, 1.54) is 0 Å². The molecule has 0 saturated carbocycles.